The predicted molar refractivity (Wildman–Crippen MR) is 94.9 cm³/mol. The molecule has 0 bridgehead atoms. The Morgan fingerprint density at radius 1 is 0.828 bits per heavy atom. The van der Waals surface area contributed by atoms with E-state index in [9.17, 15) is 24.0 Å². The summed E-state index contributed by atoms with van der Waals surface area (Å²) in [6.45, 7) is 7.46. The lowest BCUT2D eigenvalue weighted by Crippen LogP contribution is -2.67. The number of rotatable bonds is 7. The predicted octanol–water partition coefficient (Wildman–Crippen LogP) is -0.158. The van der Waals surface area contributed by atoms with E-state index in [-0.39, 0.29) is 6.61 Å². The highest BCUT2D eigenvalue weighted by atomic mass is 16.7. The van der Waals surface area contributed by atoms with Gasteiger partial charge in [-0.05, 0) is 0 Å². The van der Waals surface area contributed by atoms with E-state index >= 15 is 0 Å². The molecule has 1 N–H and O–H groups in total. The van der Waals surface area contributed by atoms with Crippen molar-refractivity contribution in [2.75, 3.05) is 6.61 Å². The number of carbonyl (C=O) groups is 5. The molecule has 0 aromatic carbocycles. The Morgan fingerprint density at radius 2 is 1.34 bits per heavy atom. The van der Waals surface area contributed by atoms with E-state index in [1.165, 1.54) is 6.92 Å². The van der Waals surface area contributed by atoms with Gasteiger partial charge in [0.25, 0.3) is 0 Å². The molecule has 0 aromatic heterocycles. The number of nitrogens with one attached hydrogen (secondary N) is 1. The minimum absolute atomic E-state index is 0.367. The SMILES string of the molecule is CC(=O)OC[C@H]1O[C@H](OC(C)=O)[C@H](NC(=O)C(C)C)[C@@H](OC(C)=O)[C@H]1OC(C)=O. The summed E-state index contributed by atoms with van der Waals surface area (Å²) in [6.07, 6.45) is -5.01. The normalized spacial score (nSPS) is 26.2. The Labute approximate surface area is 168 Å². The molecule has 1 heterocycles. The summed E-state index contributed by atoms with van der Waals surface area (Å²) in [5.74, 6) is -3.69. The molecule has 0 aliphatic carbocycles. The summed E-state index contributed by atoms with van der Waals surface area (Å²) >= 11 is 0. The first-order valence-corrected chi connectivity index (χ1v) is 9.03. The molecule has 5 atom stereocenters. The van der Waals surface area contributed by atoms with Crippen LogP contribution in [0, 0.1) is 5.92 Å². The van der Waals surface area contributed by atoms with Crippen LogP contribution in [-0.2, 0) is 47.7 Å². The molecule has 1 fully saturated rings. The highest BCUT2D eigenvalue weighted by Gasteiger charge is 2.52. The summed E-state index contributed by atoms with van der Waals surface area (Å²) in [4.78, 5) is 58.3. The van der Waals surface area contributed by atoms with Crippen molar-refractivity contribution in [1.29, 1.82) is 0 Å². The van der Waals surface area contributed by atoms with Crippen molar-refractivity contribution in [3.63, 3.8) is 0 Å². The van der Waals surface area contributed by atoms with Crippen LogP contribution in [0.4, 0.5) is 0 Å². The summed E-state index contributed by atoms with van der Waals surface area (Å²) in [5, 5.41) is 2.60. The fourth-order valence-corrected chi connectivity index (χ4v) is 2.65. The maximum atomic E-state index is 12.3. The maximum absolute atomic E-state index is 12.3. The third-order valence-corrected chi connectivity index (χ3v) is 3.82. The topological polar surface area (TPSA) is 144 Å². The van der Waals surface area contributed by atoms with Crippen LogP contribution in [0.3, 0.4) is 0 Å². The van der Waals surface area contributed by atoms with Crippen LogP contribution < -0.4 is 5.32 Å². The first kappa shape index (κ1) is 24.3. The van der Waals surface area contributed by atoms with Crippen LogP contribution in [0.1, 0.15) is 41.5 Å². The molecular formula is C18H27NO10. The van der Waals surface area contributed by atoms with E-state index in [1.54, 1.807) is 13.8 Å². The van der Waals surface area contributed by atoms with Crippen LogP contribution in [0.25, 0.3) is 0 Å². The van der Waals surface area contributed by atoms with Gasteiger partial charge in [0.2, 0.25) is 12.2 Å². The molecule has 0 radical (unpaired) electrons. The van der Waals surface area contributed by atoms with Crippen molar-refractivity contribution in [2.45, 2.75) is 72.2 Å². The Hall–Kier alpha value is -2.69. The first-order chi connectivity index (χ1) is 13.4. The smallest absolute Gasteiger partial charge is 0.305 e. The molecule has 1 aliphatic heterocycles. The van der Waals surface area contributed by atoms with Crippen molar-refractivity contribution in [1.82, 2.24) is 5.32 Å². The second-order valence-electron chi connectivity index (χ2n) is 6.79. The number of hydrogen-bond acceptors (Lipinski definition) is 10. The molecule has 0 saturated carbocycles. The lowest BCUT2D eigenvalue weighted by atomic mass is 9.95. The second kappa shape index (κ2) is 10.7. The van der Waals surface area contributed by atoms with Crippen molar-refractivity contribution in [3.8, 4) is 0 Å². The molecule has 1 saturated heterocycles. The zero-order valence-electron chi connectivity index (χ0n) is 17.3. The summed E-state index contributed by atoms with van der Waals surface area (Å²) < 4.78 is 26.3. The van der Waals surface area contributed by atoms with Crippen molar-refractivity contribution < 1.29 is 47.7 Å². The van der Waals surface area contributed by atoms with Gasteiger partial charge in [0, 0.05) is 33.6 Å². The van der Waals surface area contributed by atoms with Gasteiger partial charge >= 0.3 is 23.9 Å². The monoisotopic (exact) mass is 417 g/mol. The summed E-state index contributed by atoms with van der Waals surface area (Å²) in [7, 11) is 0. The molecule has 11 nitrogen and oxygen atoms in total. The summed E-state index contributed by atoms with van der Waals surface area (Å²) in [5.41, 5.74) is 0. The lowest BCUT2D eigenvalue weighted by molar-refractivity contribution is -0.271. The van der Waals surface area contributed by atoms with Gasteiger partial charge in [-0.3, -0.25) is 24.0 Å². The second-order valence-corrected chi connectivity index (χ2v) is 6.79. The number of carbonyl (C=O) groups excluding carboxylic acids is 5. The number of hydrogen-bond donors (Lipinski definition) is 1. The lowest BCUT2D eigenvalue weighted by Gasteiger charge is -2.44. The minimum Gasteiger partial charge on any atom is -0.463 e. The highest BCUT2D eigenvalue weighted by Crippen LogP contribution is 2.28. The fourth-order valence-electron chi connectivity index (χ4n) is 2.65. The van der Waals surface area contributed by atoms with Gasteiger partial charge in [-0.25, -0.2) is 0 Å². The van der Waals surface area contributed by atoms with E-state index in [0.29, 0.717) is 0 Å². The highest BCUT2D eigenvalue weighted by molar-refractivity contribution is 5.78. The fraction of sp³-hybridized carbons (Fsp3) is 0.722. The quantitative estimate of drug-likeness (QED) is 0.438. The zero-order valence-corrected chi connectivity index (χ0v) is 17.3. The molecule has 0 aromatic rings. The Bertz CT molecular complexity index is 647. The molecule has 1 rings (SSSR count). The van der Waals surface area contributed by atoms with Gasteiger partial charge in [0.05, 0.1) is 0 Å². The molecule has 0 unspecified atom stereocenters. The average Bonchev–Trinajstić information content (AvgIpc) is 2.56. The minimum atomic E-state index is -1.38. The first-order valence-electron chi connectivity index (χ1n) is 9.03. The Kier molecular flexibility index (Phi) is 9.02. The molecular weight excluding hydrogens is 390 g/mol. The number of ether oxygens (including phenoxy) is 5. The van der Waals surface area contributed by atoms with Crippen LogP contribution in [0.15, 0.2) is 0 Å². The van der Waals surface area contributed by atoms with Crippen LogP contribution in [0.5, 0.6) is 0 Å². The number of amides is 1. The third kappa shape index (κ3) is 7.68. The molecule has 1 aliphatic rings. The molecule has 11 heteroatoms. The maximum Gasteiger partial charge on any atom is 0.305 e. The van der Waals surface area contributed by atoms with Gasteiger partial charge < -0.3 is 29.0 Å². The van der Waals surface area contributed by atoms with E-state index < -0.39 is 66.3 Å². The zero-order chi connectivity index (χ0) is 22.3. The van der Waals surface area contributed by atoms with E-state index in [1.807, 2.05) is 0 Å². The van der Waals surface area contributed by atoms with Gasteiger partial charge in [-0.15, -0.1) is 0 Å². The van der Waals surface area contributed by atoms with Crippen molar-refractivity contribution >= 4 is 29.8 Å². The van der Waals surface area contributed by atoms with Gasteiger partial charge in [-0.1, -0.05) is 13.8 Å². The van der Waals surface area contributed by atoms with Gasteiger partial charge in [0.15, 0.2) is 12.2 Å². The van der Waals surface area contributed by atoms with Crippen LogP contribution in [-0.4, -0.2) is 67.0 Å². The summed E-state index contributed by atoms with van der Waals surface area (Å²) in [6, 6.07) is -1.17. The standard InChI is InChI=1S/C18H27NO10/c1-8(2)17(24)19-14-16(27-11(5)22)15(26-10(4)21)13(7-25-9(3)20)29-18(14)28-12(6)23/h8,13-16,18H,7H2,1-6H3,(H,19,24)/t13-,14-,15+,16-,18+/m1/s1. The Balaban J connectivity index is 3.34. The largest absolute Gasteiger partial charge is 0.463 e. The number of esters is 4. The van der Waals surface area contributed by atoms with Crippen LogP contribution >= 0.6 is 0 Å². The molecule has 29 heavy (non-hydrogen) atoms. The van der Waals surface area contributed by atoms with Crippen molar-refractivity contribution in [2.24, 2.45) is 5.92 Å². The third-order valence-electron chi connectivity index (χ3n) is 3.82. The van der Waals surface area contributed by atoms with Crippen LogP contribution in [0.2, 0.25) is 0 Å². The average molecular weight is 417 g/mol. The Morgan fingerprint density at radius 3 is 1.79 bits per heavy atom. The molecule has 1 amide bonds. The molecule has 0 spiro atoms. The van der Waals surface area contributed by atoms with Crippen molar-refractivity contribution in [3.05, 3.63) is 0 Å². The van der Waals surface area contributed by atoms with E-state index in [2.05, 4.69) is 5.32 Å². The van der Waals surface area contributed by atoms with E-state index in [4.69, 9.17) is 23.7 Å². The van der Waals surface area contributed by atoms with Gasteiger partial charge in [0.1, 0.15) is 18.8 Å². The van der Waals surface area contributed by atoms with Gasteiger partial charge in [-0.2, -0.15) is 0 Å². The van der Waals surface area contributed by atoms with E-state index in [0.717, 1.165) is 20.8 Å². The molecule has 164 valence electrons.